The smallest absolute Gasteiger partial charge is 0.338 e. The number of carbonyl (C=O) groups excluding carboxylic acids is 3. The molecule has 142 valence electrons. The lowest BCUT2D eigenvalue weighted by molar-refractivity contribution is -0.123. The molecule has 0 atom stereocenters. The predicted octanol–water partition coefficient (Wildman–Crippen LogP) is 3.12. The van der Waals surface area contributed by atoms with E-state index < -0.39 is 24.5 Å². The Morgan fingerprint density at radius 3 is 2.19 bits per heavy atom. The molecule has 0 heterocycles. The van der Waals surface area contributed by atoms with Crippen molar-refractivity contribution < 1.29 is 23.9 Å². The van der Waals surface area contributed by atoms with E-state index in [2.05, 4.69) is 10.6 Å². The summed E-state index contributed by atoms with van der Waals surface area (Å²) < 4.78 is 10.5. The first-order chi connectivity index (χ1) is 12.9. The predicted molar refractivity (Wildman–Crippen MR) is 99.6 cm³/mol. The van der Waals surface area contributed by atoms with E-state index in [1.165, 1.54) is 12.1 Å². The summed E-state index contributed by atoms with van der Waals surface area (Å²) in [5.41, 5.74) is 0.271. The number of urea groups is 1. The Labute approximate surface area is 157 Å². The maximum absolute atomic E-state index is 12.0. The Kier molecular flexibility index (Phi) is 7.37. The van der Waals surface area contributed by atoms with Crippen molar-refractivity contribution in [2.24, 2.45) is 5.92 Å². The van der Waals surface area contributed by atoms with Crippen molar-refractivity contribution in [3.05, 3.63) is 60.2 Å². The van der Waals surface area contributed by atoms with Gasteiger partial charge in [0.2, 0.25) is 0 Å². The van der Waals surface area contributed by atoms with Crippen LogP contribution in [0.1, 0.15) is 24.2 Å². The van der Waals surface area contributed by atoms with Gasteiger partial charge in [0.1, 0.15) is 11.5 Å². The van der Waals surface area contributed by atoms with Crippen molar-refractivity contribution in [3.8, 4) is 11.5 Å². The van der Waals surface area contributed by atoms with E-state index in [-0.39, 0.29) is 11.5 Å². The molecule has 2 rings (SSSR count). The normalized spacial score (nSPS) is 10.2. The van der Waals surface area contributed by atoms with Crippen molar-refractivity contribution in [1.29, 1.82) is 0 Å². The van der Waals surface area contributed by atoms with Crippen LogP contribution in [0, 0.1) is 5.92 Å². The number of ether oxygens (including phenoxy) is 2. The summed E-state index contributed by atoms with van der Waals surface area (Å²) in [6.07, 6.45) is 0. The van der Waals surface area contributed by atoms with Gasteiger partial charge in [-0.3, -0.25) is 10.1 Å². The summed E-state index contributed by atoms with van der Waals surface area (Å²) in [6, 6.07) is 14.9. The van der Waals surface area contributed by atoms with E-state index in [9.17, 15) is 14.4 Å². The molecule has 0 unspecified atom stereocenters. The van der Waals surface area contributed by atoms with Crippen LogP contribution in [-0.2, 0) is 9.53 Å². The first-order valence-electron chi connectivity index (χ1n) is 8.52. The maximum atomic E-state index is 12.0. The van der Waals surface area contributed by atoms with E-state index in [1.54, 1.807) is 12.1 Å². The third-order valence-corrected chi connectivity index (χ3v) is 3.33. The molecule has 0 aliphatic rings. The topological polar surface area (TPSA) is 93.7 Å². The largest absolute Gasteiger partial charge is 0.457 e. The lowest BCUT2D eigenvalue weighted by Crippen LogP contribution is -2.42. The highest BCUT2D eigenvalue weighted by atomic mass is 16.5. The molecule has 27 heavy (non-hydrogen) atoms. The molecule has 2 aromatic carbocycles. The molecule has 7 heteroatoms. The second-order valence-corrected chi connectivity index (χ2v) is 6.17. The van der Waals surface area contributed by atoms with Crippen LogP contribution in [0.15, 0.2) is 54.6 Å². The van der Waals surface area contributed by atoms with Crippen molar-refractivity contribution in [2.75, 3.05) is 13.2 Å². The zero-order valence-corrected chi connectivity index (χ0v) is 15.2. The molecule has 0 aromatic heterocycles. The van der Waals surface area contributed by atoms with Gasteiger partial charge < -0.3 is 14.8 Å². The Balaban J connectivity index is 1.78. The number of nitrogens with one attached hydrogen (secondary N) is 2. The number of imide groups is 1. The molecule has 0 fully saturated rings. The second kappa shape index (κ2) is 9.96. The van der Waals surface area contributed by atoms with Crippen molar-refractivity contribution in [1.82, 2.24) is 10.6 Å². The number of para-hydroxylation sites is 1. The summed E-state index contributed by atoms with van der Waals surface area (Å²) in [7, 11) is 0. The fourth-order valence-corrected chi connectivity index (χ4v) is 2.00. The van der Waals surface area contributed by atoms with Gasteiger partial charge >= 0.3 is 12.0 Å². The van der Waals surface area contributed by atoms with E-state index in [0.29, 0.717) is 18.0 Å². The molecule has 0 spiro atoms. The number of rotatable bonds is 7. The molecule has 7 nitrogen and oxygen atoms in total. The molecular weight excluding hydrogens is 348 g/mol. The minimum Gasteiger partial charge on any atom is -0.457 e. The zero-order valence-electron chi connectivity index (χ0n) is 15.2. The number of hydrogen-bond donors (Lipinski definition) is 2. The van der Waals surface area contributed by atoms with Crippen molar-refractivity contribution in [3.63, 3.8) is 0 Å². The van der Waals surface area contributed by atoms with E-state index in [4.69, 9.17) is 9.47 Å². The molecular formula is C20H22N2O5. The average Bonchev–Trinajstić information content (AvgIpc) is 2.66. The first kappa shape index (κ1) is 20.0. The average molecular weight is 370 g/mol. The quantitative estimate of drug-likeness (QED) is 0.731. The summed E-state index contributed by atoms with van der Waals surface area (Å²) in [5, 5.41) is 4.63. The zero-order chi connectivity index (χ0) is 19.6. The molecule has 0 radical (unpaired) electrons. The Morgan fingerprint density at radius 2 is 1.56 bits per heavy atom. The molecule has 3 amide bonds. The van der Waals surface area contributed by atoms with Crippen LogP contribution >= 0.6 is 0 Å². The van der Waals surface area contributed by atoms with Crippen LogP contribution in [0.25, 0.3) is 0 Å². The van der Waals surface area contributed by atoms with Gasteiger partial charge in [-0.15, -0.1) is 0 Å². The minimum atomic E-state index is -0.700. The monoisotopic (exact) mass is 370 g/mol. The van der Waals surface area contributed by atoms with Gasteiger partial charge in [-0.05, 0) is 42.3 Å². The molecule has 0 aliphatic carbocycles. The Morgan fingerprint density at radius 1 is 0.926 bits per heavy atom. The van der Waals surface area contributed by atoms with Gasteiger partial charge in [0.15, 0.2) is 6.61 Å². The highest BCUT2D eigenvalue weighted by Crippen LogP contribution is 2.21. The van der Waals surface area contributed by atoms with Crippen molar-refractivity contribution >= 4 is 17.9 Å². The number of esters is 1. The molecule has 0 saturated heterocycles. The van der Waals surface area contributed by atoms with Gasteiger partial charge in [0.25, 0.3) is 5.91 Å². The van der Waals surface area contributed by atoms with Gasteiger partial charge in [-0.25, -0.2) is 9.59 Å². The SMILES string of the molecule is CC(C)CNC(=O)NC(=O)COC(=O)c1ccc(Oc2ccccc2)cc1. The molecule has 0 saturated carbocycles. The second-order valence-electron chi connectivity index (χ2n) is 6.17. The van der Waals surface area contributed by atoms with Gasteiger partial charge in [0.05, 0.1) is 5.56 Å². The number of benzene rings is 2. The Hall–Kier alpha value is -3.35. The fraction of sp³-hybridized carbons (Fsp3) is 0.250. The lowest BCUT2D eigenvalue weighted by Gasteiger charge is -2.09. The van der Waals surface area contributed by atoms with Crippen LogP contribution in [0.5, 0.6) is 11.5 Å². The van der Waals surface area contributed by atoms with E-state index >= 15 is 0 Å². The van der Waals surface area contributed by atoms with Crippen LogP contribution in [-0.4, -0.2) is 31.1 Å². The lowest BCUT2D eigenvalue weighted by atomic mass is 10.2. The standard InChI is InChI=1S/C20H22N2O5/c1-14(2)12-21-20(25)22-18(23)13-26-19(24)15-8-10-17(11-9-15)27-16-6-4-3-5-7-16/h3-11,14H,12-13H2,1-2H3,(H2,21,22,23,25). The van der Waals surface area contributed by atoms with E-state index in [1.807, 2.05) is 44.2 Å². The highest BCUT2D eigenvalue weighted by Gasteiger charge is 2.13. The van der Waals surface area contributed by atoms with Gasteiger partial charge in [-0.1, -0.05) is 32.0 Å². The Bertz CT molecular complexity index is 773. The molecule has 0 bridgehead atoms. The van der Waals surface area contributed by atoms with Crippen LogP contribution in [0.4, 0.5) is 4.79 Å². The van der Waals surface area contributed by atoms with Crippen molar-refractivity contribution in [2.45, 2.75) is 13.8 Å². The highest BCUT2D eigenvalue weighted by molar-refractivity contribution is 5.97. The van der Waals surface area contributed by atoms with Crippen LogP contribution in [0.2, 0.25) is 0 Å². The van der Waals surface area contributed by atoms with Crippen LogP contribution < -0.4 is 15.4 Å². The minimum absolute atomic E-state index is 0.262. The molecule has 2 N–H and O–H groups in total. The summed E-state index contributed by atoms with van der Waals surface area (Å²) in [6.45, 7) is 3.76. The van der Waals surface area contributed by atoms with Gasteiger partial charge in [0, 0.05) is 6.54 Å². The third-order valence-electron chi connectivity index (χ3n) is 3.33. The first-order valence-corrected chi connectivity index (χ1v) is 8.52. The number of hydrogen-bond acceptors (Lipinski definition) is 5. The molecule has 2 aromatic rings. The number of amides is 3. The van der Waals surface area contributed by atoms with Gasteiger partial charge in [-0.2, -0.15) is 0 Å². The third kappa shape index (κ3) is 7.19. The summed E-state index contributed by atoms with van der Waals surface area (Å²) in [4.78, 5) is 35.1. The summed E-state index contributed by atoms with van der Waals surface area (Å²) >= 11 is 0. The van der Waals surface area contributed by atoms with E-state index in [0.717, 1.165) is 0 Å². The molecule has 0 aliphatic heterocycles. The summed E-state index contributed by atoms with van der Waals surface area (Å²) in [5.74, 6) is 0.141. The fourth-order valence-electron chi connectivity index (χ4n) is 2.00. The number of carbonyl (C=O) groups is 3. The maximum Gasteiger partial charge on any atom is 0.338 e. The van der Waals surface area contributed by atoms with Crippen LogP contribution in [0.3, 0.4) is 0 Å².